The molecule has 1 saturated heterocycles. The van der Waals surface area contributed by atoms with E-state index >= 15 is 0 Å². The Kier molecular flexibility index (Phi) is 4.63. The van der Waals surface area contributed by atoms with Crippen molar-refractivity contribution in [3.8, 4) is 5.75 Å². The Balaban J connectivity index is 1.74. The lowest BCUT2D eigenvalue weighted by atomic mass is 10.2. The predicted molar refractivity (Wildman–Crippen MR) is 93.7 cm³/mol. The molecule has 3 N–H and O–H groups in total. The van der Waals surface area contributed by atoms with Crippen molar-refractivity contribution in [3.63, 3.8) is 0 Å². The van der Waals surface area contributed by atoms with Gasteiger partial charge in [0.2, 0.25) is 0 Å². The zero-order valence-corrected chi connectivity index (χ0v) is 14.1. The smallest absolute Gasteiger partial charge is 0.150 e. The fraction of sp³-hybridized carbons (Fsp3) is 0.333. The van der Waals surface area contributed by atoms with E-state index in [0.29, 0.717) is 15.9 Å². The van der Waals surface area contributed by atoms with Crippen molar-refractivity contribution in [1.82, 2.24) is 9.97 Å². The summed E-state index contributed by atoms with van der Waals surface area (Å²) < 4.78 is 5.42. The fourth-order valence-corrected chi connectivity index (χ4v) is 3.00. The number of anilines is 3. The van der Waals surface area contributed by atoms with Crippen LogP contribution in [0.25, 0.3) is 0 Å². The number of nitrogen functional groups attached to an aromatic ring is 1. The molecule has 23 heavy (non-hydrogen) atoms. The molecule has 1 fully saturated rings. The van der Waals surface area contributed by atoms with Crippen molar-refractivity contribution in [2.75, 3.05) is 36.1 Å². The summed E-state index contributed by atoms with van der Waals surface area (Å²) in [7, 11) is 1.65. The number of aromatic nitrogens is 2. The van der Waals surface area contributed by atoms with Crippen LogP contribution in [0.1, 0.15) is 6.42 Å². The second-order valence-corrected chi connectivity index (χ2v) is 6.13. The van der Waals surface area contributed by atoms with Gasteiger partial charge in [0.1, 0.15) is 22.9 Å². The van der Waals surface area contributed by atoms with Crippen molar-refractivity contribution in [2.45, 2.75) is 12.5 Å². The number of ether oxygens (including phenoxy) is 1. The van der Waals surface area contributed by atoms with E-state index in [1.54, 1.807) is 7.11 Å². The number of nitrogens with two attached hydrogens (primary N) is 1. The average Bonchev–Trinajstić information content (AvgIpc) is 3.00. The zero-order valence-electron chi connectivity index (χ0n) is 12.6. The van der Waals surface area contributed by atoms with E-state index in [2.05, 4.69) is 20.2 Å². The molecule has 0 saturated carbocycles. The molecule has 0 amide bonds. The molecule has 1 aliphatic rings. The van der Waals surface area contributed by atoms with E-state index in [4.69, 9.17) is 33.7 Å². The van der Waals surface area contributed by atoms with Gasteiger partial charge in [-0.15, -0.1) is 0 Å². The molecule has 6 nitrogen and oxygen atoms in total. The molecule has 0 bridgehead atoms. The number of rotatable bonds is 4. The molecule has 2 heterocycles. The number of halogens is 2. The molecule has 0 spiro atoms. The maximum atomic E-state index is 6.13. The molecule has 1 aromatic heterocycles. The van der Waals surface area contributed by atoms with Crippen LogP contribution in [0.5, 0.6) is 5.75 Å². The topological polar surface area (TPSA) is 76.3 Å². The van der Waals surface area contributed by atoms with E-state index in [-0.39, 0.29) is 11.9 Å². The summed E-state index contributed by atoms with van der Waals surface area (Å²) in [5.41, 5.74) is 6.69. The van der Waals surface area contributed by atoms with Crippen molar-refractivity contribution < 1.29 is 4.74 Å². The van der Waals surface area contributed by atoms with Gasteiger partial charge in [0, 0.05) is 24.2 Å². The number of hydrogen-bond acceptors (Lipinski definition) is 6. The lowest BCUT2D eigenvalue weighted by Crippen LogP contribution is -2.26. The van der Waals surface area contributed by atoms with Gasteiger partial charge in [-0.3, -0.25) is 0 Å². The van der Waals surface area contributed by atoms with Crippen molar-refractivity contribution >= 4 is 40.5 Å². The van der Waals surface area contributed by atoms with Crippen LogP contribution in [-0.2, 0) is 0 Å². The third kappa shape index (κ3) is 3.38. The minimum Gasteiger partial charge on any atom is -0.495 e. The second-order valence-electron chi connectivity index (χ2n) is 5.31. The molecule has 1 aliphatic heterocycles. The standard InChI is InChI=1S/C15H17Cl2N5O/c1-23-12-3-2-9(16)6-11(12)22-5-4-10(7-22)21-15-13(17)14(18)19-8-20-15/h2-3,6,8,10H,4-5,7H2,1H3,(H3,18,19,20,21). The van der Waals surface area contributed by atoms with Gasteiger partial charge in [0.25, 0.3) is 0 Å². The second kappa shape index (κ2) is 6.68. The maximum absolute atomic E-state index is 6.13. The van der Waals surface area contributed by atoms with E-state index in [9.17, 15) is 0 Å². The molecular formula is C15H17Cl2N5O. The van der Waals surface area contributed by atoms with Crippen LogP contribution >= 0.6 is 23.2 Å². The Morgan fingerprint density at radius 1 is 1.35 bits per heavy atom. The fourth-order valence-electron chi connectivity index (χ4n) is 2.68. The van der Waals surface area contributed by atoms with E-state index in [1.807, 2.05) is 18.2 Å². The highest BCUT2D eigenvalue weighted by molar-refractivity contribution is 6.35. The molecule has 2 aromatic rings. The van der Waals surface area contributed by atoms with Gasteiger partial charge < -0.3 is 20.7 Å². The summed E-state index contributed by atoms with van der Waals surface area (Å²) in [5, 5.41) is 4.36. The highest BCUT2D eigenvalue weighted by atomic mass is 35.5. The van der Waals surface area contributed by atoms with Crippen LogP contribution in [0, 0.1) is 0 Å². The summed E-state index contributed by atoms with van der Waals surface area (Å²) in [6, 6.07) is 5.81. The van der Waals surface area contributed by atoms with Crippen molar-refractivity contribution in [3.05, 3.63) is 34.6 Å². The van der Waals surface area contributed by atoms with Crippen LogP contribution in [0.4, 0.5) is 17.3 Å². The summed E-state index contributed by atoms with van der Waals surface area (Å²) in [6.45, 7) is 1.67. The van der Waals surface area contributed by atoms with Gasteiger partial charge in [-0.25, -0.2) is 9.97 Å². The Hall–Kier alpha value is -1.92. The molecule has 8 heteroatoms. The highest BCUT2D eigenvalue weighted by Crippen LogP contribution is 2.34. The molecule has 3 rings (SSSR count). The first kappa shape index (κ1) is 16.0. The summed E-state index contributed by atoms with van der Waals surface area (Å²) in [5.74, 6) is 1.64. The van der Waals surface area contributed by atoms with E-state index < -0.39 is 0 Å². The predicted octanol–water partition coefficient (Wildman–Crippen LogP) is 3.07. The Bertz CT molecular complexity index is 712. The molecule has 1 aromatic carbocycles. The molecule has 1 atom stereocenters. The number of benzene rings is 1. The third-order valence-corrected chi connectivity index (χ3v) is 4.43. The largest absolute Gasteiger partial charge is 0.495 e. The first-order valence-corrected chi connectivity index (χ1v) is 7.95. The van der Waals surface area contributed by atoms with Crippen LogP contribution in [0.2, 0.25) is 10.0 Å². The van der Waals surface area contributed by atoms with Gasteiger partial charge >= 0.3 is 0 Å². The first-order valence-electron chi connectivity index (χ1n) is 7.19. The quantitative estimate of drug-likeness (QED) is 0.879. The maximum Gasteiger partial charge on any atom is 0.150 e. The SMILES string of the molecule is COc1ccc(Cl)cc1N1CCC(Nc2ncnc(N)c2Cl)C1. The van der Waals surface area contributed by atoms with E-state index in [0.717, 1.165) is 30.9 Å². The Morgan fingerprint density at radius 2 is 2.17 bits per heavy atom. The number of methoxy groups -OCH3 is 1. The van der Waals surface area contributed by atoms with Gasteiger partial charge in [-0.1, -0.05) is 23.2 Å². The highest BCUT2D eigenvalue weighted by Gasteiger charge is 2.26. The van der Waals surface area contributed by atoms with Gasteiger partial charge in [0.05, 0.1) is 12.8 Å². The van der Waals surface area contributed by atoms with Crippen LogP contribution in [0.3, 0.4) is 0 Å². The lowest BCUT2D eigenvalue weighted by Gasteiger charge is -2.22. The monoisotopic (exact) mass is 353 g/mol. The van der Waals surface area contributed by atoms with Crippen LogP contribution in [-0.4, -0.2) is 36.2 Å². The molecule has 0 aliphatic carbocycles. The average molecular weight is 354 g/mol. The lowest BCUT2D eigenvalue weighted by molar-refractivity contribution is 0.415. The first-order chi connectivity index (χ1) is 11.1. The third-order valence-electron chi connectivity index (χ3n) is 3.83. The van der Waals surface area contributed by atoms with Gasteiger partial charge in [-0.05, 0) is 24.6 Å². The Labute approximate surface area is 144 Å². The zero-order chi connectivity index (χ0) is 16.4. The summed E-state index contributed by atoms with van der Waals surface area (Å²) in [4.78, 5) is 10.2. The van der Waals surface area contributed by atoms with Crippen molar-refractivity contribution in [1.29, 1.82) is 0 Å². The van der Waals surface area contributed by atoms with Gasteiger partial charge in [-0.2, -0.15) is 0 Å². The number of nitrogens with one attached hydrogen (secondary N) is 1. The minimum absolute atomic E-state index is 0.200. The molecular weight excluding hydrogens is 337 g/mol. The molecule has 0 radical (unpaired) electrons. The molecule has 122 valence electrons. The number of hydrogen-bond donors (Lipinski definition) is 2. The van der Waals surface area contributed by atoms with Crippen molar-refractivity contribution in [2.24, 2.45) is 0 Å². The minimum atomic E-state index is 0.200. The summed E-state index contributed by atoms with van der Waals surface area (Å²) in [6.07, 6.45) is 2.34. The van der Waals surface area contributed by atoms with Crippen LogP contribution in [0.15, 0.2) is 24.5 Å². The van der Waals surface area contributed by atoms with Gasteiger partial charge in [0.15, 0.2) is 5.82 Å². The molecule has 1 unspecified atom stereocenters. The summed E-state index contributed by atoms with van der Waals surface area (Å²) >= 11 is 12.2. The number of nitrogens with zero attached hydrogens (tertiary/aromatic N) is 3. The van der Waals surface area contributed by atoms with E-state index in [1.165, 1.54) is 6.33 Å². The normalized spacial score (nSPS) is 17.3. The Morgan fingerprint density at radius 3 is 2.96 bits per heavy atom. The van der Waals surface area contributed by atoms with Crippen LogP contribution < -0.4 is 20.7 Å².